The van der Waals surface area contributed by atoms with Gasteiger partial charge in [0.05, 0.1) is 11.1 Å². The van der Waals surface area contributed by atoms with E-state index in [0.717, 1.165) is 10.5 Å². The van der Waals surface area contributed by atoms with E-state index in [4.69, 9.17) is 15.3 Å². The van der Waals surface area contributed by atoms with Crippen LogP contribution < -0.4 is 27.9 Å². The van der Waals surface area contributed by atoms with Gasteiger partial charge in [0.1, 0.15) is 17.4 Å². The molecule has 0 saturated heterocycles. The number of hydrogen-bond acceptors (Lipinski definition) is 10. The Balaban J connectivity index is 1.41. The van der Waals surface area contributed by atoms with Crippen molar-refractivity contribution in [3.8, 4) is 0 Å². The van der Waals surface area contributed by atoms with Crippen molar-refractivity contribution in [1.82, 2.24) is 29.7 Å². The molecule has 41 heavy (non-hydrogen) atoms. The van der Waals surface area contributed by atoms with Crippen molar-refractivity contribution in [2.75, 3.05) is 0 Å². The van der Waals surface area contributed by atoms with Crippen molar-refractivity contribution < 1.29 is 33.2 Å². The third-order valence-corrected chi connectivity index (χ3v) is 6.15. The summed E-state index contributed by atoms with van der Waals surface area (Å²) in [5.41, 5.74) is 6.33. The number of fused-ring (bicyclic) bond motifs is 2. The van der Waals surface area contributed by atoms with E-state index in [1.54, 1.807) is 18.2 Å². The number of amides is 3. The van der Waals surface area contributed by atoms with Gasteiger partial charge < -0.3 is 25.9 Å². The lowest BCUT2D eigenvalue weighted by Gasteiger charge is -2.16. The van der Waals surface area contributed by atoms with Gasteiger partial charge in [0.15, 0.2) is 5.58 Å². The van der Waals surface area contributed by atoms with Gasteiger partial charge in [0.2, 0.25) is 5.91 Å². The molecule has 0 saturated carbocycles. The normalized spacial score (nSPS) is 11.8. The van der Waals surface area contributed by atoms with Crippen LogP contribution in [-0.2, 0) is 18.4 Å². The quantitative estimate of drug-likeness (QED) is 0.192. The second-order valence-corrected chi connectivity index (χ2v) is 8.76. The van der Waals surface area contributed by atoms with Crippen LogP contribution in [0.2, 0.25) is 0 Å². The van der Waals surface area contributed by atoms with E-state index in [9.17, 15) is 28.8 Å². The van der Waals surface area contributed by atoms with E-state index in [0.29, 0.717) is 16.7 Å². The van der Waals surface area contributed by atoms with Crippen LogP contribution in [0.5, 0.6) is 0 Å². The zero-order chi connectivity index (χ0) is 29.4. The first-order chi connectivity index (χ1) is 19.5. The van der Waals surface area contributed by atoms with Gasteiger partial charge in [-0.1, -0.05) is 18.2 Å². The number of primary amides is 1. The Morgan fingerprint density at radius 1 is 1.02 bits per heavy atom. The minimum atomic E-state index is -1.38. The first kappa shape index (κ1) is 26.5. The Labute approximate surface area is 227 Å². The van der Waals surface area contributed by atoms with Gasteiger partial charge in [-0.25, -0.2) is 23.8 Å². The minimum Gasteiger partial charge on any atom is -0.478 e. The highest BCUT2D eigenvalue weighted by molar-refractivity contribution is 6.00. The van der Waals surface area contributed by atoms with Crippen molar-refractivity contribution in [3.63, 3.8) is 0 Å². The largest absolute Gasteiger partial charge is 0.478 e. The number of nitrogens with one attached hydrogen (secondary N) is 2. The standard InChI is InChI=1S/C25H19N7O9/c1-31-15-8-11(2-7-17(15)40-24(31)38)10-27-21(35)16-9-14(28-23-30-41-25(39)32(16)23)20(34)29-18(19(26)33)12-3-5-13(6-4-12)22(36)37/h2-9,18H,10H2,1H3,(H2,26,33)(H,27,35)(H,29,34)(H,36,37)/t18-/m1/s1. The van der Waals surface area contributed by atoms with Crippen LogP contribution in [0, 0.1) is 0 Å². The Morgan fingerprint density at radius 2 is 1.76 bits per heavy atom. The van der Waals surface area contributed by atoms with E-state index < -0.39 is 52.7 Å². The number of aryl methyl sites for hydroxylation is 1. The predicted octanol–water partition coefficient (Wildman–Crippen LogP) is -0.288. The molecule has 0 aliphatic heterocycles. The van der Waals surface area contributed by atoms with Crippen molar-refractivity contribution in [2.24, 2.45) is 12.8 Å². The molecule has 2 aromatic carbocycles. The molecule has 5 N–H and O–H groups in total. The number of carbonyl (C=O) groups is 4. The number of aromatic carboxylic acids is 1. The molecule has 0 radical (unpaired) electrons. The Kier molecular flexibility index (Phi) is 6.64. The van der Waals surface area contributed by atoms with Crippen LogP contribution in [0.4, 0.5) is 0 Å². The average molecular weight is 561 g/mol. The van der Waals surface area contributed by atoms with Gasteiger partial charge in [-0.15, -0.1) is 0 Å². The smallest absolute Gasteiger partial charge is 0.448 e. The molecule has 208 valence electrons. The Bertz CT molecular complexity index is 1980. The highest BCUT2D eigenvalue weighted by Crippen LogP contribution is 2.17. The zero-order valence-electron chi connectivity index (χ0n) is 21.0. The van der Waals surface area contributed by atoms with Crippen LogP contribution in [0.1, 0.15) is 48.5 Å². The van der Waals surface area contributed by atoms with E-state index in [2.05, 4.69) is 25.3 Å². The molecule has 3 amide bonds. The summed E-state index contributed by atoms with van der Waals surface area (Å²) in [5.74, 6) is -5.87. The molecule has 0 spiro atoms. The fraction of sp³-hybridized carbons (Fsp3) is 0.120. The third kappa shape index (κ3) is 5.03. The number of nitrogens with two attached hydrogens (primary N) is 1. The SMILES string of the molecule is Cn1c(=O)oc2ccc(CNC(=O)c3cc(C(=O)N[C@@H](C(N)=O)c4ccc(C(=O)O)cc4)nc4noc(=O)n34)cc21. The Hall–Kier alpha value is -6.06. The van der Waals surface area contributed by atoms with Crippen molar-refractivity contribution in [3.05, 3.63) is 97.7 Å². The average Bonchev–Trinajstić information content (AvgIpc) is 3.47. The molecule has 5 aromatic rings. The lowest BCUT2D eigenvalue weighted by molar-refractivity contribution is -0.120. The predicted molar refractivity (Wildman–Crippen MR) is 137 cm³/mol. The molecule has 0 fully saturated rings. The number of carboxylic acid groups (broad SMARTS) is 1. The van der Waals surface area contributed by atoms with Crippen LogP contribution in [0.25, 0.3) is 16.9 Å². The van der Waals surface area contributed by atoms with Gasteiger partial charge in [-0.05, 0) is 46.6 Å². The topological polar surface area (TPSA) is 234 Å². The maximum absolute atomic E-state index is 13.1. The maximum Gasteiger partial charge on any atom is 0.448 e. The van der Waals surface area contributed by atoms with Crippen molar-refractivity contribution in [1.29, 1.82) is 0 Å². The van der Waals surface area contributed by atoms with E-state index in [1.807, 2.05) is 0 Å². The zero-order valence-corrected chi connectivity index (χ0v) is 21.0. The molecule has 0 bridgehead atoms. The number of nitrogens with zero attached hydrogens (tertiary/aromatic N) is 4. The minimum absolute atomic E-state index is 0.0321. The molecule has 1 atom stereocenters. The van der Waals surface area contributed by atoms with Gasteiger partial charge in [0, 0.05) is 13.6 Å². The van der Waals surface area contributed by atoms with E-state index >= 15 is 0 Å². The first-order valence-corrected chi connectivity index (χ1v) is 11.7. The number of carboxylic acids is 1. The summed E-state index contributed by atoms with van der Waals surface area (Å²) < 4.78 is 11.7. The summed E-state index contributed by atoms with van der Waals surface area (Å²) >= 11 is 0. The summed E-state index contributed by atoms with van der Waals surface area (Å²) in [5, 5.41) is 17.6. The van der Waals surface area contributed by atoms with Crippen molar-refractivity contribution >= 4 is 40.6 Å². The molecular formula is C25H19N7O9. The maximum atomic E-state index is 13.1. The van der Waals surface area contributed by atoms with Gasteiger partial charge in [-0.3, -0.25) is 23.5 Å². The third-order valence-electron chi connectivity index (χ3n) is 6.15. The molecule has 0 aliphatic carbocycles. The van der Waals surface area contributed by atoms with Crippen LogP contribution in [0.3, 0.4) is 0 Å². The number of hydrogen-bond donors (Lipinski definition) is 4. The number of aromatic nitrogens is 4. The Morgan fingerprint density at radius 3 is 2.44 bits per heavy atom. The molecule has 0 unspecified atom stereocenters. The number of carbonyl (C=O) groups excluding carboxylic acids is 3. The summed E-state index contributed by atoms with van der Waals surface area (Å²) in [4.78, 5) is 77.4. The molecule has 5 rings (SSSR count). The summed E-state index contributed by atoms with van der Waals surface area (Å²) in [6.45, 7) is -0.0321. The highest BCUT2D eigenvalue weighted by Gasteiger charge is 2.25. The molecule has 0 aliphatic rings. The number of rotatable bonds is 8. The molecule has 16 nitrogen and oxygen atoms in total. The van der Waals surface area contributed by atoms with Crippen LogP contribution >= 0.6 is 0 Å². The van der Waals surface area contributed by atoms with Gasteiger partial charge in [-0.2, -0.15) is 0 Å². The van der Waals surface area contributed by atoms with Crippen molar-refractivity contribution in [2.45, 2.75) is 12.6 Å². The second kappa shape index (κ2) is 10.3. The summed E-state index contributed by atoms with van der Waals surface area (Å²) in [6, 6.07) is 9.55. The monoisotopic (exact) mass is 561 g/mol. The molecule has 16 heteroatoms. The van der Waals surface area contributed by atoms with E-state index in [1.165, 1.54) is 35.9 Å². The molecule has 3 aromatic heterocycles. The van der Waals surface area contributed by atoms with Gasteiger partial charge in [0.25, 0.3) is 17.6 Å². The summed E-state index contributed by atoms with van der Waals surface area (Å²) in [7, 11) is 1.53. The summed E-state index contributed by atoms with van der Waals surface area (Å²) in [6.07, 6.45) is 0. The first-order valence-electron chi connectivity index (χ1n) is 11.7. The number of benzene rings is 2. The molecule has 3 heterocycles. The lowest BCUT2D eigenvalue weighted by atomic mass is 10.0. The van der Waals surface area contributed by atoms with Crippen LogP contribution in [-0.4, -0.2) is 47.9 Å². The lowest BCUT2D eigenvalue weighted by Crippen LogP contribution is -2.38. The molecular weight excluding hydrogens is 542 g/mol. The van der Waals surface area contributed by atoms with Crippen LogP contribution in [0.15, 0.2) is 67.1 Å². The number of oxazole rings is 1. The second-order valence-electron chi connectivity index (χ2n) is 8.76. The van der Waals surface area contributed by atoms with E-state index in [-0.39, 0.29) is 23.4 Å². The fourth-order valence-electron chi connectivity index (χ4n) is 4.03. The fourth-order valence-corrected chi connectivity index (χ4v) is 4.03. The highest BCUT2D eigenvalue weighted by atomic mass is 16.5. The van der Waals surface area contributed by atoms with Gasteiger partial charge >= 0.3 is 17.5 Å².